The van der Waals surface area contributed by atoms with Gasteiger partial charge in [-0.15, -0.1) is 0 Å². The fourth-order valence-electron chi connectivity index (χ4n) is 1.97. The molecule has 0 aliphatic carbocycles. The number of anilines is 1. The van der Waals surface area contributed by atoms with Crippen molar-refractivity contribution >= 4 is 28.9 Å². The maximum absolute atomic E-state index is 12.3. The summed E-state index contributed by atoms with van der Waals surface area (Å²) in [6.07, 6.45) is 1.54. The molecule has 1 aromatic carbocycles. The third kappa shape index (κ3) is 3.28. The summed E-state index contributed by atoms with van der Waals surface area (Å²) in [7, 11) is 1.72. The van der Waals surface area contributed by atoms with Crippen molar-refractivity contribution in [2.45, 2.75) is 19.8 Å². The van der Waals surface area contributed by atoms with Crippen LogP contribution in [-0.4, -0.2) is 20.7 Å². The molecule has 2 rings (SSSR count). The van der Waals surface area contributed by atoms with Crippen LogP contribution in [0.1, 0.15) is 41.3 Å². The molecule has 0 spiro atoms. The van der Waals surface area contributed by atoms with Gasteiger partial charge in [0.05, 0.1) is 11.8 Å². The minimum Gasteiger partial charge on any atom is -0.389 e. The van der Waals surface area contributed by atoms with Gasteiger partial charge in [-0.2, -0.15) is 5.10 Å². The van der Waals surface area contributed by atoms with Gasteiger partial charge in [0, 0.05) is 12.6 Å². The van der Waals surface area contributed by atoms with Crippen LogP contribution in [0.15, 0.2) is 30.5 Å². The molecule has 0 atom stereocenters. The maximum Gasteiger partial charge on any atom is 0.256 e. The van der Waals surface area contributed by atoms with Crippen molar-refractivity contribution in [3.05, 3.63) is 47.2 Å². The summed E-state index contributed by atoms with van der Waals surface area (Å²) in [5.41, 5.74) is 7.95. The molecule has 0 fully saturated rings. The molecule has 1 amide bonds. The number of nitrogens with zero attached hydrogens (tertiary/aromatic N) is 2. The molecule has 1 aromatic heterocycles. The average molecular weight is 302 g/mol. The Labute approximate surface area is 129 Å². The molecule has 2 aromatic rings. The first-order chi connectivity index (χ1) is 9.90. The summed E-state index contributed by atoms with van der Waals surface area (Å²) in [5.74, 6) is 0.715. The molecule has 0 aliphatic heterocycles. The Hall–Kier alpha value is -2.21. The number of carbonyl (C=O) groups is 1. The average Bonchev–Trinajstić information content (AvgIpc) is 2.80. The molecule has 3 N–H and O–H groups in total. The highest BCUT2D eigenvalue weighted by molar-refractivity contribution is 7.80. The number of rotatable bonds is 4. The van der Waals surface area contributed by atoms with E-state index < -0.39 is 0 Å². The Bertz CT molecular complexity index is 673. The van der Waals surface area contributed by atoms with Crippen molar-refractivity contribution in [1.29, 1.82) is 0 Å². The van der Waals surface area contributed by atoms with Crippen LogP contribution in [0.5, 0.6) is 0 Å². The van der Waals surface area contributed by atoms with Gasteiger partial charge in [0.25, 0.3) is 5.91 Å². The number of benzene rings is 1. The largest absolute Gasteiger partial charge is 0.389 e. The van der Waals surface area contributed by atoms with Gasteiger partial charge in [0.1, 0.15) is 10.8 Å². The minimum absolute atomic E-state index is 0.202. The number of nitrogens with one attached hydrogen (secondary N) is 1. The quantitative estimate of drug-likeness (QED) is 0.851. The van der Waals surface area contributed by atoms with Crippen LogP contribution in [-0.2, 0) is 7.05 Å². The minimum atomic E-state index is -0.216. The van der Waals surface area contributed by atoms with Crippen molar-refractivity contribution in [3.63, 3.8) is 0 Å². The van der Waals surface area contributed by atoms with E-state index in [0.717, 1.165) is 0 Å². The first-order valence-electron chi connectivity index (χ1n) is 6.63. The third-order valence-electron chi connectivity index (χ3n) is 3.28. The fourth-order valence-corrected chi connectivity index (χ4v) is 2.11. The van der Waals surface area contributed by atoms with Crippen LogP contribution in [0.3, 0.4) is 0 Å². The zero-order valence-electron chi connectivity index (χ0n) is 12.3. The predicted molar refractivity (Wildman–Crippen MR) is 87.6 cm³/mol. The first kappa shape index (κ1) is 15.2. The molecule has 0 saturated carbocycles. The van der Waals surface area contributed by atoms with Gasteiger partial charge < -0.3 is 11.1 Å². The SMILES string of the molecule is CC(C)c1ccc(C(=O)Nc2c(C(N)=S)cnn2C)cc1. The van der Waals surface area contributed by atoms with Crippen LogP contribution >= 0.6 is 12.2 Å². The van der Waals surface area contributed by atoms with Crippen molar-refractivity contribution in [2.75, 3.05) is 5.32 Å². The molecule has 21 heavy (non-hydrogen) atoms. The summed E-state index contributed by atoms with van der Waals surface area (Å²) in [6.45, 7) is 4.22. The van der Waals surface area contributed by atoms with Crippen molar-refractivity contribution in [3.8, 4) is 0 Å². The third-order valence-corrected chi connectivity index (χ3v) is 3.50. The van der Waals surface area contributed by atoms with E-state index >= 15 is 0 Å². The fraction of sp³-hybridized carbons (Fsp3) is 0.267. The summed E-state index contributed by atoms with van der Waals surface area (Å²) in [4.78, 5) is 12.5. The maximum atomic E-state index is 12.3. The molecule has 5 nitrogen and oxygen atoms in total. The van der Waals surface area contributed by atoms with E-state index in [-0.39, 0.29) is 10.9 Å². The van der Waals surface area contributed by atoms with Crippen LogP contribution in [0.2, 0.25) is 0 Å². The van der Waals surface area contributed by atoms with Gasteiger partial charge in [-0.3, -0.25) is 9.48 Å². The lowest BCUT2D eigenvalue weighted by Crippen LogP contribution is -2.18. The van der Waals surface area contributed by atoms with E-state index in [1.807, 2.05) is 24.3 Å². The highest BCUT2D eigenvalue weighted by Gasteiger charge is 2.15. The van der Waals surface area contributed by atoms with E-state index in [9.17, 15) is 4.79 Å². The Balaban J connectivity index is 2.22. The molecule has 0 aliphatic rings. The standard InChI is InChI=1S/C15H18N4OS/c1-9(2)10-4-6-11(7-5-10)15(20)18-14-12(13(16)21)8-17-19(14)3/h4-9H,1-3H3,(H2,16,21)(H,18,20). The molecular formula is C15H18N4OS. The van der Waals surface area contributed by atoms with Crippen molar-refractivity contribution < 1.29 is 4.79 Å². The molecular weight excluding hydrogens is 284 g/mol. The van der Waals surface area contributed by atoms with Gasteiger partial charge in [-0.05, 0) is 23.6 Å². The van der Waals surface area contributed by atoms with Gasteiger partial charge in [-0.1, -0.05) is 38.2 Å². The van der Waals surface area contributed by atoms with Gasteiger partial charge in [-0.25, -0.2) is 0 Å². The van der Waals surface area contributed by atoms with Gasteiger partial charge >= 0.3 is 0 Å². The second-order valence-corrected chi connectivity index (χ2v) is 5.57. The number of amides is 1. The normalized spacial score (nSPS) is 10.7. The second-order valence-electron chi connectivity index (χ2n) is 5.13. The molecule has 0 bridgehead atoms. The highest BCUT2D eigenvalue weighted by atomic mass is 32.1. The van der Waals surface area contributed by atoms with E-state index in [0.29, 0.717) is 22.9 Å². The number of nitrogens with two attached hydrogens (primary N) is 1. The monoisotopic (exact) mass is 302 g/mol. The lowest BCUT2D eigenvalue weighted by atomic mass is 10.0. The van der Waals surface area contributed by atoms with Crippen LogP contribution in [0.25, 0.3) is 0 Å². The molecule has 6 heteroatoms. The number of aromatic nitrogens is 2. The zero-order chi connectivity index (χ0) is 15.6. The van der Waals surface area contributed by atoms with Crippen molar-refractivity contribution in [1.82, 2.24) is 9.78 Å². The van der Waals surface area contributed by atoms with Gasteiger partial charge in [0.2, 0.25) is 0 Å². The van der Waals surface area contributed by atoms with Crippen LogP contribution in [0, 0.1) is 0 Å². The Morgan fingerprint density at radius 3 is 2.48 bits per heavy atom. The second kappa shape index (κ2) is 6.05. The van der Waals surface area contributed by atoms with Crippen molar-refractivity contribution in [2.24, 2.45) is 12.8 Å². The molecule has 0 saturated heterocycles. The molecule has 0 unspecified atom stereocenters. The van der Waals surface area contributed by atoms with E-state index in [2.05, 4.69) is 24.3 Å². The predicted octanol–water partition coefficient (Wildman–Crippen LogP) is 2.43. The van der Waals surface area contributed by atoms with E-state index in [4.69, 9.17) is 18.0 Å². The summed E-state index contributed by atoms with van der Waals surface area (Å²) in [5, 5.41) is 6.86. The number of thiocarbonyl (C=S) groups is 1. The summed E-state index contributed by atoms with van der Waals surface area (Å²) < 4.78 is 1.54. The Morgan fingerprint density at radius 1 is 1.33 bits per heavy atom. The lowest BCUT2D eigenvalue weighted by molar-refractivity contribution is 0.102. The lowest BCUT2D eigenvalue weighted by Gasteiger charge is -2.09. The number of hydrogen-bond acceptors (Lipinski definition) is 3. The van der Waals surface area contributed by atoms with Crippen LogP contribution in [0.4, 0.5) is 5.82 Å². The number of carbonyl (C=O) groups excluding carboxylic acids is 1. The summed E-state index contributed by atoms with van der Waals surface area (Å²) in [6, 6.07) is 7.53. The Morgan fingerprint density at radius 2 is 1.95 bits per heavy atom. The molecule has 110 valence electrons. The summed E-state index contributed by atoms with van der Waals surface area (Å²) >= 11 is 4.95. The zero-order valence-corrected chi connectivity index (χ0v) is 13.1. The van der Waals surface area contributed by atoms with Gasteiger partial charge in [0.15, 0.2) is 0 Å². The topological polar surface area (TPSA) is 72.9 Å². The molecule has 0 radical (unpaired) electrons. The smallest absolute Gasteiger partial charge is 0.256 e. The number of aryl methyl sites for hydroxylation is 1. The first-order valence-corrected chi connectivity index (χ1v) is 7.04. The number of hydrogen-bond donors (Lipinski definition) is 2. The van der Waals surface area contributed by atoms with E-state index in [1.165, 1.54) is 10.2 Å². The highest BCUT2D eigenvalue weighted by Crippen LogP contribution is 2.17. The van der Waals surface area contributed by atoms with E-state index in [1.54, 1.807) is 13.2 Å². The Kier molecular flexibility index (Phi) is 4.37. The molecule has 1 heterocycles. The van der Waals surface area contributed by atoms with Crippen LogP contribution < -0.4 is 11.1 Å².